The maximum absolute atomic E-state index is 9.73. The lowest BCUT2D eigenvalue weighted by molar-refractivity contribution is -0.0103. The fourth-order valence-corrected chi connectivity index (χ4v) is 5.28. The van der Waals surface area contributed by atoms with Crippen LogP contribution < -0.4 is 0 Å². The lowest BCUT2D eigenvalue weighted by Gasteiger charge is -2.55. The van der Waals surface area contributed by atoms with E-state index in [2.05, 4.69) is 10.1 Å². The Balaban J connectivity index is 1.58. The van der Waals surface area contributed by atoms with E-state index in [1.807, 2.05) is 6.92 Å². The van der Waals surface area contributed by atoms with E-state index >= 15 is 0 Å². The van der Waals surface area contributed by atoms with E-state index in [1.54, 1.807) is 0 Å². The monoisotopic (exact) mass is 276 g/mol. The summed E-state index contributed by atoms with van der Waals surface area (Å²) in [6.45, 7) is 1.97. The van der Waals surface area contributed by atoms with Gasteiger partial charge in [-0.15, -0.1) is 0 Å². The second-order valence-corrected chi connectivity index (χ2v) is 7.48. The van der Waals surface area contributed by atoms with Crippen molar-refractivity contribution in [2.24, 2.45) is 17.8 Å². The van der Waals surface area contributed by atoms with E-state index in [1.165, 1.54) is 38.5 Å². The molecule has 0 aromatic carbocycles. The number of rotatable bonds is 4. The van der Waals surface area contributed by atoms with Crippen LogP contribution in [0, 0.1) is 17.8 Å². The van der Waals surface area contributed by atoms with E-state index in [4.69, 9.17) is 4.52 Å². The number of aromatic nitrogens is 2. The molecule has 1 atom stereocenters. The average Bonchev–Trinajstić information content (AvgIpc) is 2.86. The Hall–Kier alpha value is -0.900. The van der Waals surface area contributed by atoms with E-state index in [-0.39, 0.29) is 11.5 Å². The van der Waals surface area contributed by atoms with Crippen LogP contribution in [0.15, 0.2) is 4.52 Å². The van der Waals surface area contributed by atoms with Crippen LogP contribution in [0.5, 0.6) is 0 Å². The minimum absolute atomic E-state index is 0.202. The summed E-state index contributed by atoms with van der Waals surface area (Å²) in [5.41, 5.74) is 0.202. The van der Waals surface area contributed by atoms with Crippen molar-refractivity contribution < 1.29 is 9.63 Å². The maximum Gasteiger partial charge on any atom is 0.229 e. The third kappa shape index (κ3) is 2.00. The molecule has 0 radical (unpaired) electrons. The summed E-state index contributed by atoms with van der Waals surface area (Å²) in [5, 5.41) is 14.0. The molecule has 1 heterocycles. The van der Waals surface area contributed by atoms with Crippen molar-refractivity contribution in [3.8, 4) is 0 Å². The van der Waals surface area contributed by atoms with Gasteiger partial charge in [0.05, 0.1) is 12.5 Å². The van der Waals surface area contributed by atoms with Gasteiger partial charge in [-0.05, 0) is 62.7 Å². The molecule has 1 N–H and O–H groups in total. The lowest BCUT2D eigenvalue weighted by atomic mass is 9.49. The van der Waals surface area contributed by atoms with E-state index in [0.717, 1.165) is 30.0 Å². The Bertz CT molecular complexity index is 461. The summed E-state index contributed by atoms with van der Waals surface area (Å²) >= 11 is 0. The standard InChI is InChI=1S/C16H24N2O2/c1-2-13(19)6-14-17-15(18-20-14)16-7-10-3-11(8-16)5-12(4-10)9-16/h10-13,19H,2-9H2,1H3. The molecule has 1 aromatic heterocycles. The van der Waals surface area contributed by atoms with Gasteiger partial charge < -0.3 is 9.63 Å². The lowest BCUT2D eigenvalue weighted by Crippen LogP contribution is -2.49. The van der Waals surface area contributed by atoms with Gasteiger partial charge in [0.15, 0.2) is 5.82 Å². The molecule has 20 heavy (non-hydrogen) atoms. The predicted molar refractivity (Wildman–Crippen MR) is 74.1 cm³/mol. The van der Waals surface area contributed by atoms with Crippen LogP contribution in [0.3, 0.4) is 0 Å². The smallest absolute Gasteiger partial charge is 0.229 e. The van der Waals surface area contributed by atoms with Crippen molar-refractivity contribution >= 4 is 0 Å². The zero-order valence-corrected chi connectivity index (χ0v) is 12.2. The first-order chi connectivity index (χ1) is 9.67. The summed E-state index contributed by atoms with van der Waals surface area (Å²) in [5.74, 6) is 4.23. The van der Waals surface area contributed by atoms with Crippen molar-refractivity contribution in [3.05, 3.63) is 11.7 Å². The highest BCUT2D eigenvalue weighted by atomic mass is 16.5. The molecule has 4 fully saturated rings. The van der Waals surface area contributed by atoms with Gasteiger partial charge in [-0.2, -0.15) is 4.98 Å². The van der Waals surface area contributed by atoms with Gasteiger partial charge in [-0.3, -0.25) is 0 Å². The molecule has 4 bridgehead atoms. The molecule has 4 aliphatic rings. The van der Waals surface area contributed by atoms with Crippen LogP contribution in [0.1, 0.15) is 63.6 Å². The van der Waals surface area contributed by atoms with E-state index < -0.39 is 0 Å². The third-order valence-electron chi connectivity index (χ3n) is 5.86. The second-order valence-electron chi connectivity index (χ2n) is 7.48. The largest absolute Gasteiger partial charge is 0.393 e. The molecule has 1 aromatic rings. The van der Waals surface area contributed by atoms with Crippen molar-refractivity contribution in [3.63, 3.8) is 0 Å². The Morgan fingerprint density at radius 1 is 1.20 bits per heavy atom. The molecule has 4 heteroatoms. The minimum Gasteiger partial charge on any atom is -0.393 e. The van der Waals surface area contributed by atoms with Crippen molar-refractivity contribution in [2.75, 3.05) is 0 Å². The Morgan fingerprint density at radius 3 is 2.35 bits per heavy atom. The molecule has 4 saturated carbocycles. The molecule has 5 rings (SSSR count). The number of aliphatic hydroxyl groups excluding tert-OH is 1. The number of hydrogen-bond donors (Lipinski definition) is 1. The zero-order chi connectivity index (χ0) is 13.7. The summed E-state index contributed by atoms with van der Waals surface area (Å²) in [7, 11) is 0. The SMILES string of the molecule is CCC(O)Cc1nc(C23CC4CC(CC(C4)C2)C3)no1. The molecule has 1 unspecified atom stereocenters. The molecular weight excluding hydrogens is 252 g/mol. The number of nitrogens with zero attached hydrogens (tertiary/aromatic N) is 2. The summed E-state index contributed by atoms with van der Waals surface area (Å²) in [6.07, 6.45) is 8.93. The van der Waals surface area contributed by atoms with Crippen molar-refractivity contribution in [2.45, 2.75) is 69.8 Å². The maximum atomic E-state index is 9.73. The topological polar surface area (TPSA) is 59.2 Å². The molecule has 0 saturated heterocycles. The fraction of sp³-hybridized carbons (Fsp3) is 0.875. The molecule has 0 aliphatic heterocycles. The van der Waals surface area contributed by atoms with Gasteiger partial charge >= 0.3 is 0 Å². The third-order valence-corrected chi connectivity index (χ3v) is 5.86. The van der Waals surface area contributed by atoms with Crippen LogP contribution in [0.2, 0.25) is 0 Å². The van der Waals surface area contributed by atoms with Crippen LogP contribution in [0.25, 0.3) is 0 Å². The summed E-state index contributed by atoms with van der Waals surface area (Å²) in [4.78, 5) is 4.65. The second kappa shape index (κ2) is 4.55. The fourth-order valence-electron chi connectivity index (χ4n) is 5.28. The van der Waals surface area contributed by atoms with Crippen molar-refractivity contribution in [1.29, 1.82) is 0 Å². The van der Waals surface area contributed by atoms with Crippen LogP contribution in [-0.2, 0) is 11.8 Å². The average molecular weight is 276 g/mol. The first kappa shape index (κ1) is 12.8. The Labute approximate surface area is 120 Å². The van der Waals surface area contributed by atoms with Gasteiger partial charge in [-0.1, -0.05) is 12.1 Å². The van der Waals surface area contributed by atoms with Gasteiger partial charge in [-0.25, -0.2) is 0 Å². The van der Waals surface area contributed by atoms with Crippen molar-refractivity contribution in [1.82, 2.24) is 10.1 Å². The molecule has 4 nitrogen and oxygen atoms in total. The highest BCUT2D eigenvalue weighted by Crippen LogP contribution is 2.60. The predicted octanol–water partition coefficient (Wildman–Crippen LogP) is 2.85. The number of aliphatic hydroxyl groups is 1. The zero-order valence-electron chi connectivity index (χ0n) is 12.2. The Morgan fingerprint density at radius 2 is 1.80 bits per heavy atom. The minimum atomic E-state index is -0.361. The summed E-state index contributed by atoms with van der Waals surface area (Å²) in [6, 6.07) is 0. The Kier molecular flexibility index (Phi) is 2.92. The quantitative estimate of drug-likeness (QED) is 0.918. The molecule has 4 aliphatic carbocycles. The molecule has 0 spiro atoms. The summed E-state index contributed by atoms with van der Waals surface area (Å²) < 4.78 is 5.41. The van der Waals surface area contributed by atoms with Gasteiger partial charge in [0, 0.05) is 5.41 Å². The molecule has 110 valence electrons. The highest BCUT2D eigenvalue weighted by Gasteiger charge is 2.53. The van der Waals surface area contributed by atoms with Gasteiger partial charge in [0.1, 0.15) is 0 Å². The highest BCUT2D eigenvalue weighted by molar-refractivity contribution is 5.16. The van der Waals surface area contributed by atoms with Crippen LogP contribution in [-0.4, -0.2) is 21.4 Å². The first-order valence-corrected chi connectivity index (χ1v) is 8.18. The van der Waals surface area contributed by atoms with E-state index in [9.17, 15) is 5.11 Å². The number of hydrogen-bond acceptors (Lipinski definition) is 4. The van der Waals surface area contributed by atoms with Crippen LogP contribution >= 0.6 is 0 Å². The molecular formula is C16H24N2O2. The van der Waals surface area contributed by atoms with Gasteiger partial charge in [0.2, 0.25) is 5.89 Å². The normalized spacial score (nSPS) is 40.2. The van der Waals surface area contributed by atoms with Crippen LogP contribution in [0.4, 0.5) is 0 Å². The van der Waals surface area contributed by atoms with E-state index in [0.29, 0.717) is 12.3 Å². The molecule has 0 amide bonds. The van der Waals surface area contributed by atoms with Gasteiger partial charge in [0.25, 0.3) is 0 Å². The first-order valence-electron chi connectivity index (χ1n) is 8.18.